The van der Waals surface area contributed by atoms with E-state index in [2.05, 4.69) is 133 Å². The van der Waals surface area contributed by atoms with Crippen LogP contribution in [0, 0.1) is 0 Å². The molecule has 1 aliphatic carbocycles. The van der Waals surface area contributed by atoms with Crippen LogP contribution in [0.1, 0.15) is 22.3 Å². The first-order valence-electron chi connectivity index (χ1n) is 11.5. The molecule has 0 aliphatic heterocycles. The van der Waals surface area contributed by atoms with E-state index in [1.54, 1.807) is 0 Å². The molecule has 0 amide bonds. The molecule has 0 saturated heterocycles. The summed E-state index contributed by atoms with van der Waals surface area (Å²) in [5.74, 6) is 0. The molecule has 0 aromatic heterocycles. The second kappa shape index (κ2) is 6.92. The minimum absolute atomic E-state index is 0.394. The summed E-state index contributed by atoms with van der Waals surface area (Å²) in [7, 11) is 0. The first-order chi connectivity index (χ1) is 16.4. The van der Waals surface area contributed by atoms with Crippen molar-refractivity contribution in [2.45, 2.75) is 5.41 Å². The first kappa shape index (κ1) is 18.4. The molecule has 1 aliphatic rings. The topological polar surface area (TPSA) is 0 Å². The number of rotatable bonds is 2. The Morgan fingerprint density at radius 3 is 1.42 bits per heavy atom. The van der Waals surface area contributed by atoms with E-state index in [1.165, 1.54) is 54.9 Å². The molecule has 0 bridgehead atoms. The number of fused-ring (bicyclic) bond motifs is 5. The predicted molar refractivity (Wildman–Crippen MR) is 139 cm³/mol. The van der Waals surface area contributed by atoms with E-state index < -0.39 is 5.41 Å². The summed E-state index contributed by atoms with van der Waals surface area (Å²) in [6.07, 6.45) is 0. The molecule has 0 fully saturated rings. The van der Waals surface area contributed by atoms with Crippen molar-refractivity contribution >= 4 is 21.5 Å². The average molecular weight is 419 g/mol. The van der Waals surface area contributed by atoms with Crippen molar-refractivity contribution in [2.75, 3.05) is 0 Å². The summed E-state index contributed by atoms with van der Waals surface area (Å²) in [6, 6.07) is 49.1. The smallest absolute Gasteiger partial charge is 0.0622 e. The van der Waals surface area contributed by atoms with Gasteiger partial charge in [0, 0.05) is 0 Å². The third-order valence-electron chi connectivity index (χ3n) is 7.31. The Hall–Kier alpha value is -4.16. The zero-order chi connectivity index (χ0) is 21.8. The quantitative estimate of drug-likeness (QED) is 0.247. The minimum atomic E-state index is -0.394. The minimum Gasteiger partial charge on any atom is -0.0622 e. The van der Waals surface area contributed by atoms with Gasteiger partial charge in [0.2, 0.25) is 0 Å². The maximum atomic E-state index is 2.33. The van der Waals surface area contributed by atoms with Gasteiger partial charge >= 0.3 is 0 Å². The highest BCUT2D eigenvalue weighted by Gasteiger charge is 2.47. The Morgan fingerprint density at radius 2 is 0.848 bits per heavy atom. The largest absolute Gasteiger partial charge is 0.0725 e. The lowest BCUT2D eigenvalue weighted by Crippen LogP contribution is -2.29. The summed E-state index contributed by atoms with van der Waals surface area (Å²) in [6.45, 7) is 0. The van der Waals surface area contributed by atoms with Crippen molar-refractivity contribution in [3.63, 3.8) is 0 Å². The first-order valence-corrected chi connectivity index (χ1v) is 11.5. The highest BCUT2D eigenvalue weighted by molar-refractivity contribution is 6.06. The Morgan fingerprint density at radius 1 is 0.394 bits per heavy atom. The van der Waals surface area contributed by atoms with E-state index in [9.17, 15) is 0 Å². The molecule has 154 valence electrons. The summed E-state index contributed by atoms with van der Waals surface area (Å²) >= 11 is 0. The van der Waals surface area contributed by atoms with Crippen molar-refractivity contribution in [2.24, 2.45) is 0 Å². The maximum absolute atomic E-state index is 2.33. The third-order valence-corrected chi connectivity index (χ3v) is 7.31. The van der Waals surface area contributed by atoms with Gasteiger partial charge in [-0.15, -0.1) is 0 Å². The van der Waals surface area contributed by atoms with Gasteiger partial charge in [-0.3, -0.25) is 0 Å². The van der Waals surface area contributed by atoms with Gasteiger partial charge in [-0.1, -0.05) is 127 Å². The second-order valence-corrected chi connectivity index (χ2v) is 8.90. The van der Waals surface area contributed by atoms with Gasteiger partial charge in [0.1, 0.15) is 0 Å². The fourth-order valence-electron chi connectivity index (χ4n) is 6.07. The van der Waals surface area contributed by atoms with Gasteiger partial charge < -0.3 is 0 Å². The van der Waals surface area contributed by atoms with Crippen LogP contribution in [0.15, 0.2) is 133 Å². The Balaban J connectivity index is 1.80. The second-order valence-electron chi connectivity index (χ2n) is 8.90. The van der Waals surface area contributed by atoms with Crippen molar-refractivity contribution < 1.29 is 0 Å². The van der Waals surface area contributed by atoms with Crippen LogP contribution in [-0.2, 0) is 5.41 Å². The van der Waals surface area contributed by atoms with Crippen molar-refractivity contribution in [3.05, 3.63) is 156 Å². The van der Waals surface area contributed by atoms with Gasteiger partial charge in [-0.05, 0) is 61.0 Å². The number of hydrogen-bond donors (Lipinski definition) is 0. The van der Waals surface area contributed by atoms with Gasteiger partial charge in [0.15, 0.2) is 0 Å². The number of benzene rings is 6. The van der Waals surface area contributed by atoms with Crippen molar-refractivity contribution in [3.8, 4) is 11.1 Å². The van der Waals surface area contributed by atoms with E-state index in [1.807, 2.05) is 0 Å². The molecule has 0 N–H and O–H groups in total. The van der Waals surface area contributed by atoms with Crippen LogP contribution in [0.2, 0.25) is 0 Å². The summed E-state index contributed by atoms with van der Waals surface area (Å²) in [5.41, 5.74) is 7.67. The molecule has 0 nitrogen and oxygen atoms in total. The molecule has 0 unspecified atom stereocenters. The highest BCUT2D eigenvalue weighted by atomic mass is 14.5. The van der Waals surface area contributed by atoms with Crippen LogP contribution in [-0.4, -0.2) is 0 Å². The molecule has 6 aromatic carbocycles. The van der Waals surface area contributed by atoms with Crippen LogP contribution < -0.4 is 0 Å². The molecule has 7 rings (SSSR count). The van der Waals surface area contributed by atoms with Crippen molar-refractivity contribution in [1.29, 1.82) is 0 Å². The standard InChI is InChI=1S/C33H22/c1-2-14-25(15-3-1)33(30-20-10-8-18-28(30)29-19-9-11-21-31(29)33)32-26-16-6-4-12-23(26)22-24-13-5-7-17-27(24)32/h1-22H. The molecule has 33 heavy (non-hydrogen) atoms. The Bertz CT molecular complexity index is 1560. The number of hydrogen-bond acceptors (Lipinski definition) is 0. The SMILES string of the molecule is c1ccc(C2(c3c4ccccc4cc4ccccc34)c3ccccc3-c3ccccc32)cc1. The van der Waals surface area contributed by atoms with Crippen LogP contribution in [0.25, 0.3) is 32.7 Å². The van der Waals surface area contributed by atoms with Crippen molar-refractivity contribution in [1.82, 2.24) is 0 Å². The molecular weight excluding hydrogens is 396 g/mol. The predicted octanol–water partition coefficient (Wildman–Crippen LogP) is 8.36. The molecular formula is C33H22. The summed E-state index contributed by atoms with van der Waals surface area (Å²) < 4.78 is 0. The van der Waals surface area contributed by atoms with Crippen LogP contribution in [0.3, 0.4) is 0 Å². The van der Waals surface area contributed by atoms with E-state index in [4.69, 9.17) is 0 Å². The summed E-state index contributed by atoms with van der Waals surface area (Å²) in [5, 5.41) is 5.19. The lowest BCUT2D eigenvalue weighted by atomic mass is 9.65. The molecule has 6 aromatic rings. The normalized spacial score (nSPS) is 13.7. The zero-order valence-electron chi connectivity index (χ0n) is 18.2. The molecule has 0 atom stereocenters. The maximum Gasteiger partial charge on any atom is 0.0725 e. The molecule has 0 radical (unpaired) electrons. The van der Waals surface area contributed by atoms with Crippen LogP contribution >= 0.6 is 0 Å². The van der Waals surface area contributed by atoms with E-state index >= 15 is 0 Å². The van der Waals surface area contributed by atoms with E-state index in [-0.39, 0.29) is 0 Å². The summed E-state index contributed by atoms with van der Waals surface area (Å²) in [4.78, 5) is 0. The average Bonchev–Trinajstić information content (AvgIpc) is 3.19. The lowest BCUT2D eigenvalue weighted by molar-refractivity contribution is 0.784. The molecule has 0 heteroatoms. The van der Waals surface area contributed by atoms with Gasteiger partial charge in [0.25, 0.3) is 0 Å². The van der Waals surface area contributed by atoms with Gasteiger partial charge in [-0.25, -0.2) is 0 Å². The fourth-order valence-corrected chi connectivity index (χ4v) is 6.07. The zero-order valence-corrected chi connectivity index (χ0v) is 18.2. The molecule has 0 spiro atoms. The van der Waals surface area contributed by atoms with E-state index in [0.29, 0.717) is 0 Å². The highest BCUT2D eigenvalue weighted by Crippen LogP contribution is 2.58. The Labute approximate surface area is 193 Å². The van der Waals surface area contributed by atoms with Crippen LogP contribution in [0.5, 0.6) is 0 Å². The van der Waals surface area contributed by atoms with Gasteiger partial charge in [0.05, 0.1) is 5.41 Å². The third kappa shape index (κ3) is 2.41. The monoisotopic (exact) mass is 418 g/mol. The lowest BCUT2D eigenvalue weighted by Gasteiger charge is -2.36. The molecule has 0 heterocycles. The van der Waals surface area contributed by atoms with E-state index in [0.717, 1.165) is 0 Å². The molecule has 0 saturated carbocycles. The van der Waals surface area contributed by atoms with Gasteiger partial charge in [-0.2, -0.15) is 0 Å². The fraction of sp³-hybridized carbons (Fsp3) is 0.0303. The Kier molecular flexibility index (Phi) is 3.86. The van der Waals surface area contributed by atoms with Crippen LogP contribution in [0.4, 0.5) is 0 Å².